The van der Waals surface area contributed by atoms with Gasteiger partial charge in [-0.05, 0) is 76.1 Å². The maximum Gasteiger partial charge on any atom is 0.410 e. The van der Waals surface area contributed by atoms with Crippen LogP contribution in [0.2, 0.25) is 0 Å². The molecule has 10 heteroatoms. The molecule has 0 unspecified atom stereocenters. The van der Waals surface area contributed by atoms with E-state index in [1.54, 1.807) is 44.6 Å². The second kappa shape index (κ2) is 10.0. The number of amides is 1. The molecule has 0 aliphatic carbocycles. The van der Waals surface area contributed by atoms with E-state index < -0.39 is 11.6 Å². The molecule has 1 fully saturated rings. The van der Waals surface area contributed by atoms with Crippen LogP contribution in [0.15, 0.2) is 59.7 Å². The van der Waals surface area contributed by atoms with Gasteiger partial charge in [0.25, 0.3) is 0 Å². The molecule has 1 atom stereocenters. The Morgan fingerprint density at radius 2 is 1.87 bits per heavy atom. The molecule has 0 saturated carbocycles. The second-order valence-electron chi connectivity index (χ2n) is 10.6. The predicted molar refractivity (Wildman–Crippen MR) is 146 cm³/mol. The van der Waals surface area contributed by atoms with Gasteiger partial charge in [-0.1, -0.05) is 6.07 Å². The van der Waals surface area contributed by atoms with Crippen LogP contribution in [0.1, 0.15) is 49.2 Å². The maximum absolute atomic E-state index is 13.8. The maximum atomic E-state index is 13.8. The van der Waals surface area contributed by atoms with Gasteiger partial charge in [-0.25, -0.2) is 19.4 Å². The van der Waals surface area contributed by atoms with Crippen molar-refractivity contribution in [2.24, 2.45) is 0 Å². The van der Waals surface area contributed by atoms with E-state index in [0.717, 1.165) is 11.1 Å². The largest absolute Gasteiger partial charge is 0.465 e. The van der Waals surface area contributed by atoms with Gasteiger partial charge in [0.1, 0.15) is 5.60 Å². The molecule has 1 saturated heterocycles. The molecule has 0 spiro atoms. The third kappa shape index (κ3) is 5.01. The van der Waals surface area contributed by atoms with Gasteiger partial charge < -0.3 is 14.4 Å². The van der Waals surface area contributed by atoms with Crippen LogP contribution in [0.25, 0.3) is 28.1 Å². The topological polar surface area (TPSA) is 109 Å². The number of ether oxygens (including phenoxy) is 2. The Bertz CT molecular complexity index is 1610. The molecule has 202 valence electrons. The number of pyridine rings is 2. The number of methoxy groups -OCH3 is 1. The minimum atomic E-state index is -0.593. The van der Waals surface area contributed by atoms with Crippen LogP contribution in [0.3, 0.4) is 0 Å². The van der Waals surface area contributed by atoms with Crippen molar-refractivity contribution >= 4 is 23.2 Å². The van der Waals surface area contributed by atoms with E-state index in [9.17, 15) is 14.4 Å². The number of esters is 1. The standard InChI is InChI=1S/C29H31N5O5/c1-18-15-19(26(35)38-5)8-10-22(18)23-11-9-20(16-31-23)33-24-7-6-13-30-25(24)34(27(33)36)21-12-14-32(17-21)28(37)39-29(2,3)4/h6-11,13,15-16,21H,12,14,17H2,1-5H3/t21-/m0/s1. The van der Waals surface area contributed by atoms with Crippen molar-refractivity contribution < 1.29 is 19.1 Å². The van der Waals surface area contributed by atoms with Crippen molar-refractivity contribution in [2.75, 3.05) is 20.2 Å². The molecule has 4 heterocycles. The number of benzene rings is 1. The quantitative estimate of drug-likeness (QED) is 0.358. The lowest BCUT2D eigenvalue weighted by molar-refractivity contribution is 0.0288. The molecule has 0 bridgehead atoms. The lowest BCUT2D eigenvalue weighted by atomic mass is 10.0. The molecule has 5 rings (SSSR count). The Hall–Kier alpha value is -4.47. The van der Waals surface area contributed by atoms with Gasteiger partial charge in [0, 0.05) is 24.8 Å². The first kappa shape index (κ1) is 26.1. The van der Waals surface area contributed by atoms with Gasteiger partial charge in [0.15, 0.2) is 5.65 Å². The monoisotopic (exact) mass is 529 g/mol. The fraction of sp³-hybridized carbons (Fsp3) is 0.345. The normalized spacial score (nSPS) is 15.5. The number of hydrogen-bond donors (Lipinski definition) is 0. The van der Waals surface area contributed by atoms with E-state index in [2.05, 4.69) is 9.97 Å². The Kier molecular flexibility index (Phi) is 6.71. The van der Waals surface area contributed by atoms with E-state index in [1.807, 2.05) is 52.0 Å². The Morgan fingerprint density at radius 1 is 1.08 bits per heavy atom. The fourth-order valence-electron chi connectivity index (χ4n) is 4.95. The first-order valence-corrected chi connectivity index (χ1v) is 12.8. The van der Waals surface area contributed by atoms with E-state index in [1.165, 1.54) is 7.11 Å². The molecule has 0 N–H and O–H groups in total. The van der Waals surface area contributed by atoms with Crippen molar-refractivity contribution in [3.8, 4) is 16.9 Å². The van der Waals surface area contributed by atoms with Crippen molar-refractivity contribution in [1.29, 1.82) is 0 Å². The highest BCUT2D eigenvalue weighted by Crippen LogP contribution is 2.28. The summed E-state index contributed by atoms with van der Waals surface area (Å²) in [5.41, 5.74) is 3.92. The van der Waals surface area contributed by atoms with Crippen molar-refractivity contribution in [1.82, 2.24) is 24.0 Å². The van der Waals surface area contributed by atoms with Crippen molar-refractivity contribution in [3.05, 3.63) is 76.5 Å². The van der Waals surface area contributed by atoms with Crippen LogP contribution in [-0.4, -0.2) is 61.9 Å². The molecule has 10 nitrogen and oxygen atoms in total. The number of fused-ring (bicyclic) bond motifs is 1. The molecule has 1 aliphatic rings. The van der Waals surface area contributed by atoms with Gasteiger partial charge in [-0.3, -0.25) is 14.1 Å². The molecule has 39 heavy (non-hydrogen) atoms. The van der Waals surface area contributed by atoms with Crippen LogP contribution in [0.4, 0.5) is 4.79 Å². The number of imidazole rings is 1. The Balaban J connectivity index is 1.47. The summed E-state index contributed by atoms with van der Waals surface area (Å²) < 4.78 is 13.6. The average molecular weight is 530 g/mol. The number of aromatic nitrogens is 4. The molecular weight excluding hydrogens is 498 g/mol. The summed E-state index contributed by atoms with van der Waals surface area (Å²) in [6.45, 7) is 8.26. The van der Waals surface area contributed by atoms with E-state index in [4.69, 9.17) is 9.47 Å². The number of aryl methyl sites for hydroxylation is 1. The van der Waals surface area contributed by atoms with Crippen LogP contribution in [0, 0.1) is 6.92 Å². The number of carbonyl (C=O) groups excluding carboxylic acids is 2. The van der Waals surface area contributed by atoms with Crippen LogP contribution < -0.4 is 5.69 Å². The molecule has 1 aliphatic heterocycles. The average Bonchev–Trinajstić information content (AvgIpc) is 3.49. The summed E-state index contributed by atoms with van der Waals surface area (Å²) in [6, 6.07) is 12.4. The number of nitrogens with zero attached hydrogens (tertiary/aromatic N) is 5. The minimum absolute atomic E-state index is 0.230. The molecule has 3 aromatic heterocycles. The number of rotatable bonds is 4. The zero-order chi connectivity index (χ0) is 27.9. The van der Waals surface area contributed by atoms with Crippen molar-refractivity contribution in [2.45, 2.75) is 45.8 Å². The Labute approximate surface area is 225 Å². The highest BCUT2D eigenvalue weighted by Gasteiger charge is 2.33. The van der Waals surface area contributed by atoms with Gasteiger partial charge in [-0.15, -0.1) is 0 Å². The highest BCUT2D eigenvalue weighted by atomic mass is 16.6. The predicted octanol–water partition coefficient (Wildman–Crippen LogP) is 4.53. The fourth-order valence-corrected chi connectivity index (χ4v) is 4.95. The van der Waals surface area contributed by atoms with Crippen LogP contribution >= 0.6 is 0 Å². The lowest BCUT2D eigenvalue weighted by Gasteiger charge is -2.24. The Morgan fingerprint density at radius 3 is 2.54 bits per heavy atom. The second-order valence-corrected chi connectivity index (χ2v) is 10.6. The van der Waals surface area contributed by atoms with Gasteiger partial charge >= 0.3 is 17.8 Å². The molecule has 0 radical (unpaired) electrons. The number of carbonyl (C=O) groups is 2. The minimum Gasteiger partial charge on any atom is -0.465 e. The number of hydrogen-bond acceptors (Lipinski definition) is 7. The zero-order valence-corrected chi connectivity index (χ0v) is 22.7. The van der Waals surface area contributed by atoms with Crippen molar-refractivity contribution in [3.63, 3.8) is 0 Å². The third-order valence-electron chi connectivity index (χ3n) is 6.74. The SMILES string of the molecule is COC(=O)c1ccc(-c2ccc(-n3c(=O)n([C@H]4CCN(C(=O)OC(C)(C)C)C4)c4ncccc43)cn2)c(C)c1. The molecule has 1 amide bonds. The molecular formula is C29H31N5O5. The smallest absolute Gasteiger partial charge is 0.410 e. The number of likely N-dealkylation sites (tertiary alicyclic amines) is 1. The summed E-state index contributed by atoms with van der Waals surface area (Å²) >= 11 is 0. The molecule has 4 aromatic rings. The van der Waals surface area contributed by atoms with E-state index >= 15 is 0 Å². The highest BCUT2D eigenvalue weighted by molar-refractivity contribution is 5.90. The summed E-state index contributed by atoms with van der Waals surface area (Å²) in [5.74, 6) is -0.395. The van der Waals surface area contributed by atoms with Gasteiger partial charge in [-0.2, -0.15) is 0 Å². The first-order valence-electron chi connectivity index (χ1n) is 12.8. The zero-order valence-electron chi connectivity index (χ0n) is 22.7. The molecule has 1 aromatic carbocycles. The third-order valence-corrected chi connectivity index (χ3v) is 6.74. The van der Waals surface area contributed by atoms with E-state index in [-0.39, 0.29) is 17.8 Å². The summed E-state index contributed by atoms with van der Waals surface area (Å²) in [6.07, 6.45) is 3.55. The summed E-state index contributed by atoms with van der Waals surface area (Å²) in [7, 11) is 1.35. The van der Waals surface area contributed by atoms with Crippen LogP contribution in [-0.2, 0) is 9.47 Å². The van der Waals surface area contributed by atoms with Gasteiger partial charge in [0.05, 0.1) is 41.8 Å². The van der Waals surface area contributed by atoms with E-state index in [0.29, 0.717) is 47.6 Å². The summed E-state index contributed by atoms with van der Waals surface area (Å²) in [4.78, 5) is 49.1. The van der Waals surface area contributed by atoms with Gasteiger partial charge in [0.2, 0.25) is 0 Å². The lowest BCUT2D eigenvalue weighted by Crippen LogP contribution is -2.36. The first-order chi connectivity index (χ1) is 18.6. The summed E-state index contributed by atoms with van der Waals surface area (Å²) in [5, 5.41) is 0. The van der Waals surface area contributed by atoms with Crippen LogP contribution in [0.5, 0.6) is 0 Å².